The molecule has 0 saturated heterocycles. The van der Waals surface area contributed by atoms with Gasteiger partial charge in [0.2, 0.25) is 0 Å². The Hall–Kier alpha value is -2.00. The Balaban J connectivity index is 1.52. The van der Waals surface area contributed by atoms with Crippen LogP contribution in [0.15, 0.2) is 48.5 Å². The zero-order valence-electron chi connectivity index (χ0n) is 14.6. The minimum Gasteiger partial charge on any atom is -0.482 e. The molecule has 2 aromatic rings. The van der Waals surface area contributed by atoms with E-state index in [1.54, 1.807) is 0 Å². The maximum absolute atomic E-state index is 6.16. The molecule has 1 aliphatic rings. The van der Waals surface area contributed by atoms with Crippen molar-refractivity contribution >= 4 is 5.69 Å². The van der Waals surface area contributed by atoms with Gasteiger partial charge in [0.1, 0.15) is 11.9 Å². The lowest BCUT2D eigenvalue weighted by atomic mass is 10.1. The van der Waals surface area contributed by atoms with Crippen LogP contribution in [0.3, 0.4) is 0 Å². The highest BCUT2D eigenvalue weighted by atomic mass is 16.5. The van der Waals surface area contributed by atoms with Crippen LogP contribution >= 0.6 is 0 Å². The highest BCUT2D eigenvalue weighted by Gasteiger charge is 2.20. The fourth-order valence-electron chi connectivity index (χ4n) is 3.08. The van der Waals surface area contributed by atoms with Crippen LogP contribution in [0.1, 0.15) is 43.4 Å². The summed E-state index contributed by atoms with van der Waals surface area (Å²) < 4.78 is 6.16. The van der Waals surface area contributed by atoms with E-state index in [-0.39, 0.29) is 6.10 Å². The van der Waals surface area contributed by atoms with E-state index < -0.39 is 0 Å². The maximum Gasteiger partial charge on any atom is 0.143 e. The zero-order valence-corrected chi connectivity index (χ0v) is 14.6. The minimum atomic E-state index is 0.0878. The Bertz CT molecular complexity index is 627. The second kappa shape index (κ2) is 8.74. The number of rotatable bonds is 8. The molecule has 1 unspecified atom stereocenters. The maximum atomic E-state index is 6.16. The largest absolute Gasteiger partial charge is 0.482 e. The van der Waals surface area contributed by atoms with Gasteiger partial charge in [0.15, 0.2) is 0 Å². The first kappa shape index (κ1) is 16.8. The summed E-state index contributed by atoms with van der Waals surface area (Å²) in [5.74, 6) is 0.953. The zero-order chi connectivity index (χ0) is 16.6. The monoisotopic (exact) mass is 324 g/mol. The summed E-state index contributed by atoms with van der Waals surface area (Å²) >= 11 is 0. The van der Waals surface area contributed by atoms with Gasteiger partial charge in [-0.05, 0) is 49.2 Å². The lowest BCUT2D eigenvalue weighted by Gasteiger charge is -2.28. The Kier molecular flexibility index (Phi) is 6.13. The predicted octanol–water partition coefficient (Wildman–Crippen LogP) is 4.55. The highest BCUT2D eigenvalue weighted by molar-refractivity contribution is 5.60. The lowest BCUT2D eigenvalue weighted by molar-refractivity contribution is 0.210. The van der Waals surface area contributed by atoms with Gasteiger partial charge < -0.3 is 15.4 Å². The van der Waals surface area contributed by atoms with Crippen molar-refractivity contribution in [1.82, 2.24) is 5.32 Å². The average molecular weight is 324 g/mol. The van der Waals surface area contributed by atoms with Crippen molar-refractivity contribution in [2.75, 3.05) is 25.0 Å². The fourth-order valence-corrected chi connectivity index (χ4v) is 3.08. The average Bonchev–Trinajstić information content (AvgIpc) is 2.65. The van der Waals surface area contributed by atoms with E-state index in [1.807, 2.05) is 6.07 Å². The predicted molar refractivity (Wildman–Crippen MR) is 101 cm³/mol. The Morgan fingerprint density at radius 3 is 2.79 bits per heavy atom. The van der Waals surface area contributed by atoms with Crippen LogP contribution < -0.4 is 15.4 Å². The Morgan fingerprint density at radius 1 is 1.08 bits per heavy atom. The highest BCUT2D eigenvalue weighted by Crippen LogP contribution is 2.34. The van der Waals surface area contributed by atoms with Crippen molar-refractivity contribution in [3.63, 3.8) is 0 Å². The van der Waals surface area contributed by atoms with Crippen molar-refractivity contribution in [2.45, 2.75) is 38.7 Å². The molecular formula is C21H28N2O. The third kappa shape index (κ3) is 4.51. The second-order valence-corrected chi connectivity index (χ2v) is 6.44. The van der Waals surface area contributed by atoms with Gasteiger partial charge in [0.25, 0.3) is 0 Å². The number of benzene rings is 2. The van der Waals surface area contributed by atoms with Gasteiger partial charge in [-0.3, -0.25) is 0 Å². The quantitative estimate of drug-likeness (QED) is 0.699. The van der Waals surface area contributed by atoms with Crippen LogP contribution in [0.5, 0.6) is 5.75 Å². The first-order chi connectivity index (χ1) is 11.9. The summed E-state index contributed by atoms with van der Waals surface area (Å²) in [5.41, 5.74) is 3.69. The molecule has 0 amide bonds. The number of ether oxygens (including phenoxy) is 1. The topological polar surface area (TPSA) is 33.3 Å². The fraction of sp³-hybridized carbons (Fsp3) is 0.429. The van der Waals surface area contributed by atoms with Gasteiger partial charge in [0, 0.05) is 0 Å². The summed E-state index contributed by atoms with van der Waals surface area (Å²) in [6.45, 7) is 5.22. The Labute approximate surface area is 145 Å². The number of hydrogen-bond acceptors (Lipinski definition) is 3. The van der Waals surface area contributed by atoms with Crippen molar-refractivity contribution in [3.8, 4) is 5.75 Å². The summed E-state index contributed by atoms with van der Waals surface area (Å²) in [7, 11) is 0. The molecule has 0 bridgehead atoms. The van der Waals surface area contributed by atoms with E-state index in [9.17, 15) is 0 Å². The summed E-state index contributed by atoms with van der Waals surface area (Å²) in [6.07, 6.45) is 5.02. The molecule has 2 aromatic carbocycles. The summed E-state index contributed by atoms with van der Waals surface area (Å²) in [5, 5.41) is 7.05. The molecular weight excluding hydrogens is 296 g/mol. The minimum absolute atomic E-state index is 0.0878. The molecule has 24 heavy (non-hydrogen) atoms. The molecule has 0 aliphatic carbocycles. The third-order valence-corrected chi connectivity index (χ3v) is 4.51. The SMILES string of the molecule is CCCCCNCCc1ccc2c(c1)NCC(c1ccccc1)O2. The van der Waals surface area contributed by atoms with E-state index in [1.165, 1.54) is 30.4 Å². The van der Waals surface area contributed by atoms with Crippen LogP contribution in [-0.2, 0) is 6.42 Å². The van der Waals surface area contributed by atoms with Gasteiger partial charge in [-0.25, -0.2) is 0 Å². The van der Waals surface area contributed by atoms with E-state index >= 15 is 0 Å². The van der Waals surface area contributed by atoms with Crippen molar-refractivity contribution in [2.24, 2.45) is 0 Å². The van der Waals surface area contributed by atoms with Crippen molar-refractivity contribution < 1.29 is 4.74 Å². The lowest BCUT2D eigenvalue weighted by Crippen LogP contribution is -2.24. The molecule has 3 heteroatoms. The number of nitrogens with one attached hydrogen (secondary N) is 2. The number of hydrogen-bond donors (Lipinski definition) is 2. The molecule has 1 heterocycles. The molecule has 128 valence electrons. The normalized spacial score (nSPS) is 16.1. The van der Waals surface area contributed by atoms with Crippen LogP contribution in [0.4, 0.5) is 5.69 Å². The molecule has 1 atom stereocenters. The molecule has 0 fully saturated rings. The van der Waals surface area contributed by atoms with Crippen LogP contribution in [0.2, 0.25) is 0 Å². The van der Waals surface area contributed by atoms with Gasteiger partial charge in [0.05, 0.1) is 12.2 Å². The molecule has 3 nitrogen and oxygen atoms in total. The van der Waals surface area contributed by atoms with E-state index in [0.29, 0.717) is 0 Å². The first-order valence-corrected chi connectivity index (χ1v) is 9.16. The third-order valence-electron chi connectivity index (χ3n) is 4.51. The Morgan fingerprint density at radius 2 is 1.96 bits per heavy atom. The van der Waals surface area contributed by atoms with Gasteiger partial charge >= 0.3 is 0 Å². The van der Waals surface area contributed by atoms with Crippen LogP contribution in [0.25, 0.3) is 0 Å². The summed E-state index contributed by atoms with van der Waals surface area (Å²) in [4.78, 5) is 0. The van der Waals surface area contributed by atoms with E-state index in [0.717, 1.165) is 37.5 Å². The van der Waals surface area contributed by atoms with Gasteiger partial charge in [-0.15, -0.1) is 0 Å². The molecule has 0 radical (unpaired) electrons. The molecule has 2 N–H and O–H groups in total. The van der Waals surface area contributed by atoms with Crippen molar-refractivity contribution in [3.05, 3.63) is 59.7 Å². The smallest absolute Gasteiger partial charge is 0.143 e. The number of unbranched alkanes of at least 4 members (excludes halogenated alkanes) is 2. The molecule has 0 aromatic heterocycles. The van der Waals surface area contributed by atoms with Crippen molar-refractivity contribution in [1.29, 1.82) is 0 Å². The van der Waals surface area contributed by atoms with Gasteiger partial charge in [-0.2, -0.15) is 0 Å². The molecule has 3 rings (SSSR count). The summed E-state index contributed by atoms with van der Waals surface area (Å²) in [6, 6.07) is 16.9. The second-order valence-electron chi connectivity index (χ2n) is 6.44. The van der Waals surface area contributed by atoms with E-state index in [4.69, 9.17) is 4.74 Å². The number of anilines is 1. The number of fused-ring (bicyclic) bond motifs is 1. The van der Waals surface area contributed by atoms with Crippen LogP contribution in [-0.4, -0.2) is 19.6 Å². The first-order valence-electron chi connectivity index (χ1n) is 9.16. The van der Waals surface area contributed by atoms with E-state index in [2.05, 4.69) is 60.0 Å². The molecule has 1 aliphatic heterocycles. The molecule has 0 saturated carbocycles. The van der Waals surface area contributed by atoms with Crippen LogP contribution in [0, 0.1) is 0 Å². The van der Waals surface area contributed by atoms with Gasteiger partial charge in [-0.1, -0.05) is 56.2 Å². The standard InChI is InChI=1S/C21H28N2O/c1-2-3-7-13-22-14-12-17-10-11-20-19(15-17)23-16-21(24-20)18-8-5-4-6-9-18/h4-6,8-11,15,21-23H,2-3,7,12-14,16H2,1H3. The molecule has 0 spiro atoms.